The number of carbonyl (C=O) groups is 1. The van der Waals surface area contributed by atoms with Crippen LogP contribution in [-0.4, -0.2) is 38.6 Å². The smallest absolute Gasteiger partial charge is 0.140 e. The standard InChI is InChI=1S/C20H26N6O/c1-14(21)15-3-6-20(13-27,7-4-15)12-23-17-5-9-22-19-16(17)11-18(25-19)26-10-2-8-24-26/h2,5,8-11,13-15H,3-4,6-7,12,21H2,1H3,(H2,22,23,25). The number of carbonyl (C=O) groups excluding carboxylic acids is 1. The Labute approximate surface area is 158 Å². The summed E-state index contributed by atoms with van der Waals surface area (Å²) in [4.78, 5) is 19.6. The number of pyridine rings is 1. The Morgan fingerprint density at radius 2 is 2.26 bits per heavy atom. The van der Waals surface area contributed by atoms with Crippen molar-refractivity contribution < 1.29 is 4.79 Å². The van der Waals surface area contributed by atoms with Crippen LogP contribution in [0.1, 0.15) is 32.6 Å². The van der Waals surface area contributed by atoms with E-state index in [4.69, 9.17) is 5.73 Å². The van der Waals surface area contributed by atoms with Gasteiger partial charge < -0.3 is 20.8 Å². The van der Waals surface area contributed by atoms with Gasteiger partial charge in [-0.2, -0.15) is 5.10 Å². The van der Waals surface area contributed by atoms with Gasteiger partial charge in [0.15, 0.2) is 0 Å². The van der Waals surface area contributed by atoms with E-state index in [0.717, 1.165) is 54.5 Å². The van der Waals surface area contributed by atoms with Crippen molar-refractivity contribution in [3.05, 3.63) is 36.8 Å². The number of hydrogen-bond acceptors (Lipinski definition) is 5. The summed E-state index contributed by atoms with van der Waals surface area (Å²) < 4.78 is 1.77. The number of aromatic nitrogens is 4. The van der Waals surface area contributed by atoms with Gasteiger partial charge in [-0.05, 0) is 56.7 Å². The van der Waals surface area contributed by atoms with Gasteiger partial charge in [0.1, 0.15) is 17.8 Å². The molecule has 4 N–H and O–H groups in total. The molecular weight excluding hydrogens is 340 g/mol. The highest BCUT2D eigenvalue weighted by Gasteiger charge is 2.36. The summed E-state index contributed by atoms with van der Waals surface area (Å²) in [5.74, 6) is 1.38. The van der Waals surface area contributed by atoms with Gasteiger partial charge in [-0.15, -0.1) is 0 Å². The molecule has 27 heavy (non-hydrogen) atoms. The lowest BCUT2D eigenvalue weighted by atomic mass is 9.70. The zero-order valence-electron chi connectivity index (χ0n) is 15.6. The number of rotatable bonds is 6. The van der Waals surface area contributed by atoms with Crippen molar-refractivity contribution in [2.75, 3.05) is 11.9 Å². The first-order valence-corrected chi connectivity index (χ1v) is 9.54. The lowest BCUT2D eigenvalue weighted by Gasteiger charge is -2.37. The number of hydrogen-bond donors (Lipinski definition) is 3. The van der Waals surface area contributed by atoms with Crippen molar-refractivity contribution in [3.63, 3.8) is 0 Å². The Morgan fingerprint density at radius 3 is 2.93 bits per heavy atom. The maximum Gasteiger partial charge on any atom is 0.140 e. The van der Waals surface area contributed by atoms with Crippen molar-refractivity contribution in [1.29, 1.82) is 0 Å². The summed E-state index contributed by atoms with van der Waals surface area (Å²) in [6.45, 7) is 2.69. The predicted octanol–water partition coefficient (Wildman–Crippen LogP) is 2.88. The second-order valence-electron chi connectivity index (χ2n) is 7.76. The molecule has 0 saturated heterocycles. The van der Waals surface area contributed by atoms with Gasteiger partial charge in [0.25, 0.3) is 0 Å². The number of H-pyrrole nitrogens is 1. The zero-order valence-corrected chi connectivity index (χ0v) is 15.6. The number of anilines is 1. The molecule has 4 rings (SSSR count). The van der Waals surface area contributed by atoms with Crippen LogP contribution >= 0.6 is 0 Å². The quantitative estimate of drug-likeness (QED) is 0.582. The predicted molar refractivity (Wildman–Crippen MR) is 106 cm³/mol. The van der Waals surface area contributed by atoms with E-state index in [0.29, 0.717) is 12.5 Å². The lowest BCUT2D eigenvalue weighted by Crippen LogP contribution is -2.39. The third kappa shape index (κ3) is 3.47. The molecule has 0 spiro atoms. The number of fused-ring (bicyclic) bond motifs is 1. The van der Waals surface area contributed by atoms with Gasteiger partial charge in [0, 0.05) is 47.7 Å². The molecule has 3 aromatic rings. The van der Waals surface area contributed by atoms with Gasteiger partial charge in [-0.3, -0.25) is 0 Å². The van der Waals surface area contributed by atoms with Gasteiger partial charge in [0.05, 0.1) is 0 Å². The van der Waals surface area contributed by atoms with Crippen LogP contribution in [0.25, 0.3) is 16.9 Å². The van der Waals surface area contributed by atoms with E-state index in [1.807, 2.05) is 24.4 Å². The van der Waals surface area contributed by atoms with E-state index in [9.17, 15) is 4.79 Å². The van der Waals surface area contributed by atoms with E-state index in [-0.39, 0.29) is 11.5 Å². The van der Waals surface area contributed by atoms with Crippen LogP contribution in [0.15, 0.2) is 36.8 Å². The molecule has 3 heterocycles. The number of nitrogens with one attached hydrogen (secondary N) is 2. The lowest BCUT2D eigenvalue weighted by molar-refractivity contribution is -0.117. The highest BCUT2D eigenvalue weighted by atomic mass is 16.1. The van der Waals surface area contributed by atoms with Crippen molar-refractivity contribution in [3.8, 4) is 5.82 Å². The van der Waals surface area contributed by atoms with Crippen LogP contribution in [0.2, 0.25) is 0 Å². The molecule has 7 nitrogen and oxygen atoms in total. The second kappa shape index (κ2) is 7.15. The Kier molecular flexibility index (Phi) is 4.70. The molecule has 7 heteroatoms. The molecule has 1 atom stereocenters. The van der Waals surface area contributed by atoms with Gasteiger partial charge in [0.2, 0.25) is 0 Å². The van der Waals surface area contributed by atoms with Crippen LogP contribution in [0.4, 0.5) is 5.69 Å². The summed E-state index contributed by atoms with van der Waals surface area (Å²) in [5.41, 5.74) is 7.50. The summed E-state index contributed by atoms with van der Waals surface area (Å²) in [7, 11) is 0. The maximum atomic E-state index is 11.9. The van der Waals surface area contributed by atoms with Crippen molar-refractivity contribution in [2.45, 2.75) is 38.6 Å². The van der Waals surface area contributed by atoms with Crippen LogP contribution in [0.5, 0.6) is 0 Å². The molecule has 3 aromatic heterocycles. The third-order valence-electron chi connectivity index (χ3n) is 5.92. The van der Waals surface area contributed by atoms with Gasteiger partial charge in [-0.25, -0.2) is 9.67 Å². The minimum Gasteiger partial charge on any atom is -0.383 e. The monoisotopic (exact) mass is 366 g/mol. The fourth-order valence-electron chi connectivity index (χ4n) is 4.05. The summed E-state index contributed by atoms with van der Waals surface area (Å²) >= 11 is 0. The average Bonchev–Trinajstić information content (AvgIpc) is 3.36. The van der Waals surface area contributed by atoms with Crippen molar-refractivity contribution >= 4 is 23.0 Å². The Balaban J connectivity index is 1.52. The second-order valence-corrected chi connectivity index (χ2v) is 7.76. The number of nitrogens with zero attached hydrogens (tertiary/aromatic N) is 3. The highest BCUT2D eigenvalue weighted by Crippen LogP contribution is 2.39. The zero-order chi connectivity index (χ0) is 18.9. The van der Waals surface area contributed by atoms with E-state index < -0.39 is 0 Å². The molecule has 0 amide bonds. The summed E-state index contributed by atoms with van der Waals surface area (Å²) in [6, 6.07) is 6.06. The molecule has 0 aliphatic heterocycles. The fourth-order valence-corrected chi connectivity index (χ4v) is 4.05. The number of aldehydes is 1. The maximum absolute atomic E-state index is 11.9. The average molecular weight is 366 g/mol. The van der Waals surface area contributed by atoms with Crippen LogP contribution in [-0.2, 0) is 4.79 Å². The molecule has 0 radical (unpaired) electrons. The van der Waals surface area contributed by atoms with Crippen molar-refractivity contribution in [1.82, 2.24) is 19.7 Å². The van der Waals surface area contributed by atoms with E-state index in [2.05, 4.69) is 27.3 Å². The molecule has 1 fully saturated rings. The van der Waals surface area contributed by atoms with E-state index >= 15 is 0 Å². The van der Waals surface area contributed by atoms with Crippen LogP contribution in [0, 0.1) is 11.3 Å². The van der Waals surface area contributed by atoms with Gasteiger partial charge >= 0.3 is 0 Å². The Morgan fingerprint density at radius 1 is 1.44 bits per heavy atom. The highest BCUT2D eigenvalue weighted by molar-refractivity contribution is 5.91. The summed E-state index contributed by atoms with van der Waals surface area (Å²) in [6.07, 6.45) is 10.3. The fraction of sp³-hybridized carbons (Fsp3) is 0.450. The first kappa shape index (κ1) is 17.7. The molecule has 0 bridgehead atoms. The molecule has 0 aromatic carbocycles. The minimum absolute atomic E-state index is 0.197. The molecule has 1 aliphatic rings. The number of aromatic amines is 1. The molecular formula is C20H26N6O. The molecule has 1 aliphatic carbocycles. The Bertz CT molecular complexity index is 906. The van der Waals surface area contributed by atoms with E-state index in [1.54, 1.807) is 17.1 Å². The third-order valence-corrected chi connectivity index (χ3v) is 5.92. The van der Waals surface area contributed by atoms with Gasteiger partial charge in [-0.1, -0.05) is 0 Å². The SMILES string of the molecule is CC(N)C1CCC(C=O)(CNc2ccnc3[nH]c(-n4cccn4)cc23)CC1. The molecule has 1 saturated carbocycles. The number of nitrogens with two attached hydrogens (primary N) is 1. The normalized spacial score (nSPS) is 24.0. The van der Waals surface area contributed by atoms with Crippen LogP contribution < -0.4 is 11.1 Å². The topological polar surface area (TPSA) is 102 Å². The minimum atomic E-state index is -0.317. The Hall–Kier alpha value is -2.67. The van der Waals surface area contributed by atoms with E-state index in [1.165, 1.54) is 0 Å². The first-order chi connectivity index (χ1) is 13.1. The molecule has 1 unspecified atom stereocenters. The molecule has 142 valence electrons. The van der Waals surface area contributed by atoms with Crippen molar-refractivity contribution in [2.24, 2.45) is 17.1 Å². The summed E-state index contributed by atoms with van der Waals surface area (Å²) in [5, 5.41) is 8.75. The van der Waals surface area contributed by atoms with Crippen LogP contribution in [0.3, 0.4) is 0 Å². The first-order valence-electron chi connectivity index (χ1n) is 9.54. The largest absolute Gasteiger partial charge is 0.383 e.